The average Bonchev–Trinajstić information content (AvgIpc) is 2.55. The van der Waals surface area contributed by atoms with Crippen molar-refractivity contribution >= 4 is 15.9 Å². The van der Waals surface area contributed by atoms with Crippen molar-refractivity contribution in [2.75, 3.05) is 0 Å². The SMILES string of the molecule is FC(F)(F)C1(c2ccc(Br)cc2)C=CC=CC=C1. The molecule has 0 aromatic heterocycles. The van der Waals surface area contributed by atoms with Crippen LogP contribution in [0.2, 0.25) is 0 Å². The highest BCUT2D eigenvalue weighted by Gasteiger charge is 2.52. The van der Waals surface area contributed by atoms with Crippen LogP contribution in [-0.4, -0.2) is 6.18 Å². The molecular formula is C14H10BrF3. The third kappa shape index (κ3) is 2.29. The molecule has 1 aromatic rings. The van der Waals surface area contributed by atoms with Crippen LogP contribution >= 0.6 is 15.9 Å². The van der Waals surface area contributed by atoms with Gasteiger partial charge >= 0.3 is 6.18 Å². The summed E-state index contributed by atoms with van der Waals surface area (Å²) >= 11 is 3.22. The standard InChI is InChI=1S/C14H10BrF3/c15-12-7-5-11(6-8-12)13(14(16,17)18)9-3-1-2-4-10-13/h1-10H. The molecule has 0 saturated carbocycles. The van der Waals surface area contributed by atoms with Crippen LogP contribution in [0.15, 0.2) is 65.2 Å². The molecule has 0 atom stereocenters. The summed E-state index contributed by atoms with van der Waals surface area (Å²) in [6, 6.07) is 6.20. The first kappa shape index (κ1) is 13.1. The van der Waals surface area contributed by atoms with E-state index in [4.69, 9.17) is 0 Å². The summed E-state index contributed by atoms with van der Waals surface area (Å²) in [5.41, 5.74) is -1.86. The fraction of sp³-hybridized carbons (Fsp3) is 0.143. The summed E-state index contributed by atoms with van der Waals surface area (Å²) in [7, 11) is 0. The summed E-state index contributed by atoms with van der Waals surface area (Å²) < 4.78 is 41.0. The zero-order chi connectivity index (χ0) is 13.2. The van der Waals surface area contributed by atoms with Crippen LogP contribution in [0.5, 0.6) is 0 Å². The van der Waals surface area contributed by atoms with Crippen LogP contribution in [0.1, 0.15) is 5.56 Å². The number of benzene rings is 1. The second-order valence-electron chi connectivity index (χ2n) is 3.98. The maximum Gasteiger partial charge on any atom is 0.405 e. The minimum atomic E-state index is -4.38. The molecule has 94 valence electrons. The largest absolute Gasteiger partial charge is 0.405 e. The van der Waals surface area contributed by atoms with E-state index < -0.39 is 11.6 Å². The van der Waals surface area contributed by atoms with E-state index in [0.717, 1.165) is 4.47 Å². The van der Waals surface area contributed by atoms with Gasteiger partial charge in [-0.1, -0.05) is 64.5 Å². The topological polar surface area (TPSA) is 0 Å². The summed E-state index contributed by atoms with van der Waals surface area (Å²) in [6.07, 6.45) is 4.00. The van der Waals surface area contributed by atoms with E-state index in [9.17, 15) is 13.2 Å². The van der Waals surface area contributed by atoms with E-state index in [0.29, 0.717) is 0 Å². The fourth-order valence-corrected chi connectivity index (χ4v) is 2.13. The maximum absolute atomic E-state index is 13.4. The zero-order valence-corrected chi connectivity index (χ0v) is 10.9. The molecule has 0 amide bonds. The Kier molecular flexibility index (Phi) is 3.48. The Bertz CT molecular complexity index is 491. The van der Waals surface area contributed by atoms with E-state index in [1.54, 1.807) is 24.3 Å². The van der Waals surface area contributed by atoms with Gasteiger partial charge in [-0.15, -0.1) is 0 Å². The van der Waals surface area contributed by atoms with Gasteiger partial charge in [0, 0.05) is 4.47 Å². The lowest BCUT2D eigenvalue weighted by molar-refractivity contribution is -0.162. The van der Waals surface area contributed by atoms with E-state index in [-0.39, 0.29) is 5.56 Å². The molecule has 4 heteroatoms. The predicted molar refractivity (Wildman–Crippen MR) is 69.3 cm³/mol. The van der Waals surface area contributed by atoms with Gasteiger partial charge in [-0.05, 0) is 17.7 Å². The third-order valence-corrected chi connectivity index (χ3v) is 3.37. The van der Waals surface area contributed by atoms with Crippen molar-refractivity contribution in [2.45, 2.75) is 11.6 Å². The highest BCUT2D eigenvalue weighted by Crippen LogP contribution is 2.44. The Balaban J connectivity index is 2.60. The Hall–Kier alpha value is -1.29. The molecule has 0 saturated heterocycles. The predicted octanol–water partition coefficient (Wildman–Crippen LogP) is 4.93. The summed E-state index contributed by atoms with van der Waals surface area (Å²) in [5, 5.41) is 0. The summed E-state index contributed by atoms with van der Waals surface area (Å²) in [5.74, 6) is 0. The summed E-state index contributed by atoms with van der Waals surface area (Å²) in [6.45, 7) is 0. The molecule has 0 spiro atoms. The Morgan fingerprint density at radius 1 is 0.833 bits per heavy atom. The molecule has 0 unspecified atom stereocenters. The molecule has 0 bridgehead atoms. The summed E-state index contributed by atoms with van der Waals surface area (Å²) in [4.78, 5) is 0. The molecule has 18 heavy (non-hydrogen) atoms. The number of alkyl halides is 3. The smallest absolute Gasteiger partial charge is 0.169 e. The van der Waals surface area contributed by atoms with Crippen LogP contribution in [0.25, 0.3) is 0 Å². The first-order valence-corrected chi connectivity index (χ1v) is 6.11. The monoisotopic (exact) mass is 314 g/mol. The second kappa shape index (κ2) is 4.76. The number of hydrogen-bond donors (Lipinski definition) is 0. The van der Waals surface area contributed by atoms with Gasteiger partial charge < -0.3 is 0 Å². The minimum absolute atomic E-state index is 0.203. The highest BCUT2D eigenvalue weighted by atomic mass is 79.9. The van der Waals surface area contributed by atoms with Crippen molar-refractivity contribution < 1.29 is 13.2 Å². The van der Waals surface area contributed by atoms with Gasteiger partial charge in [-0.25, -0.2) is 0 Å². The molecule has 1 aliphatic carbocycles. The van der Waals surface area contributed by atoms with Crippen molar-refractivity contribution in [3.8, 4) is 0 Å². The molecule has 0 nitrogen and oxygen atoms in total. The maximum atomic E-state index is 13.4. The van der Waals surface area contributed by atoms with Gasteiger partial charge in [0.25, 0.3) is 0 Å². The zero-order valence-electron chi connectivity index (χ0n) is 9.29. The van der Waals surface area contributed by atoms with E-state index in [1.807, 2.05) is 0 Å². The molecule has 0 aliphatic heterocycles. The first-order valence-electron chi connectivity index (χ1n) is 5.32. The third-order valence-electron chi connectivity index (χ3n) is 2.84. The Morgan fingerprint density at radius 3 is 1.78 bits per heavy atom. The van der Waals surface area contributed by atoms with Crippen molar-refractivity contribution in [1.82, 2.24) is 0 Å². The van der Waals surface area contributed by atoms with Gasteiger partial charge in [0.1, 0.15) is 5.41 Å². The van der Waals surface area contributed by atoms with Crippen LogP contribution in [-0.2, 0) is 5.41 Å². The molecule has 1 aromatic carbocycles. The molecule has 1 aliphatic rings. The van der Waals surface area contributed by atoms with E-state index in [2.05, 4.69) is 15.9 Å². The van der Waals surface area contributed by atoms with Crippen LogP contribution in [0.4, 0.5) is 13.2 Å². The first-order chi connectivity index (χ1) is 8.46. The van der Waals surface area contributed by atoms with Crippen LogP contribution < -0.4 is 0 Å². The molecule has 0 N–H and O–H groups in total. The van der Waals surface area contributed by atoms with E-state index >= 15 is 0 Å². The van der Waals surface area contributed by atoms with Crippen LogP contribution in [0, 0.1) is 0 Å². The van der Waals surface area contributed by atoms with Crippen molar-refractivity contribution in [2.24, 2.45) is 0 Å². The van der Waals surface area contributed by atoms with Crippen molar-refractivity contribution in [3.63, 3.8) is 0 Å². The minimum Gasteiger partial charge on any atom is -0.169 e. The molecule has 0 radical (unpaired) electrons. The molecule has 0 heterocycles. The average molecular weight is 315 g/mol. The van der Waals surface area contributed by atoms with Crippen LogP contribution in [0.3, 0.4) is 0 Å². The van der Waals surface area contributed by atoms with Gasteiger partial charge in [-0.3, -0.25) is 0 Å². The fourth-order valence-electron chi connectivity index (χ4n) is 1.87. The quantitative estimate of drug-likeness (QED) is 0.689. The lowest BCUT2D eigenvalue weighted by Crippen LogP contribution is -2.38. The molecule has 0 fully saturated rings. The van der Waals surface area contributed by atoms with Gasteiger partial charge in [0.15, 0.2) is 0 Å². The Morgan fingerprint density at radius 2 is 1.33 bits per heavy atom. The van der Waals surface area contributed by atoms with Crippen molar-refractivity contribution in [3.05, 3.63) is 70.8 Å². The van der Waals surface area contributed by atoms with Gasteiger partial charge in [-0.2, -0.15) is 13.2 Å². The number of hydrogen-bond acceptors (Lipinski definition) is 0. The Labute approximate surface area is 112 Å². The lowest BCUT2D eigenvalue weighted by atomic mass is 9.79. The van der Waals surface area contributed by atoms with E-state index in [1.165, 1.54) is 36.4 Å². The van der Waals surface area contributed by atoms with Crippen molar-refractivity contribution in [1.29, 1.82) is 0 Å². The highest BCUT2D eigenvalue weighted by molar-refractivity contribution is 9.10. The number of rotatable bonds is 1. The van der Waals surface area contributed by atoms with Gasteiger partial charge in [0.2, 0.25) is 0 Å². The molecule has 2 rings (SSSR count). The number of halogens is 4. The number of allylic oxidation sites excluding steroid dienone is 6. The second-order valence-corrected chi connectivity index (χ2v) is 4.89. The lowest BCUT2D eigenvalue weighted by Gasteiger charge is -2.30. The van der Waals surface area contributed by atoms with Gasteiger partial charge in [0.05, 0.1) is 0 Å². The molecular weight excluding hydrogens is 305 g/mol. The normalized spacial score (nSPS) is 17.8.